The van der Waals surface area contributed by atoms with Gasteiger partial charge in [-0.25, -0.2) is 0 Å². The molecule has 0 nitrogen and oxygen atoms in total. The molecule has 0 spiro atoms. The fraction of sp³-hybridized carbons (Fsp3) is 0.0714. The standard InChI is InChI=1S/C8H10.C8H8.2C6H6/c1-7-5-3-4-6-8(7)2;1-2-8-6-4-3-5-7-8;2*1-2-4-6-5-3-1/h3-6H,1-2H3;2-7H,1H2;2*1-6H. The van der Waals surface area contributed by atoms with E-state index in [1.807, 2.05) is 109 Å². The predicted molar refractivity (Wildman–Crippen MR) is 125 cm³/mol. The van der Waals surface area contributed by atoms with E-state index in [9.17, 15) is 0 Å². The average Bonchev–Trinajstić information content (AvgIpc) is 2.80. The first kappa shape index (κ1) is 22.7. The van der Waals surface area contributed by atoms with Crippen molar-refractivity contribution < 1.29 is 0 Å². The number of benzene rings is 4. The van der Waals surface area contributed by atoms with Crippen molar-refractivity contribution in [2.24, 2.45) is 0 Å². The number of hydrogen-bond acceptors (Lipinski definition) is 0. The number of aryl methyl sites for hydroxylation is 2. The molecule has 0 aromatic heterocycles. The van der Waals surface area contributed by atoms with Crippen LogP contribution >= 0.6 is 0 Å². The van der Waals surface area contributed by atoms with Crippen molar-refractivity contribution in [2.75, 3.05) is 0 Å². The highest BCUT2D eigenvalue weighted by Gasteiger charge is 1.83. The molecule has 28 heavy (non-hydrogen) atoms. The van der Waals surface area contributed by atoms with Gasteiger partial charge in [0, 0.05) is 0 Å². The molecule has 0 heterocycles. The maximum atomic E-state index is 3.63. The Labute approximate surface area is 170 Å². The maximum Gasteiger partial charge on any atom is -0.0263 e. The van der Waals surface area contributed by atoms with Crippen LogP contribution in [-0.4, -0.2) is 0 Å². The minimum atomic E-state index is 1.17. The van der Waals surface area contributed by atoms with E-state index >= 15 is 0 Å². The summed E-state index contributed by atoms with van der Waals surface area (Å²) in [7, 11) is 0. The zero-order valence-corrected chi connectivity index (χ0v) is 16.9. The van der Waals surface area contributed by atoms with Crippen molar-refractivity contribution in [3.63, 3.8) is 0 Å². The van der Waals surface area contributed by atoms with Gasteiger partial charge in [-0.15, -0.1) is 0 Å². The van der Waals surface area contributed by atoms with Crippen LogP contribution < -0.4 is 0 Å². The van der Waals surface area contributed by atoms with E-state index in [-0.39, 0.29) is 0 Å². The Morgan fingerprint density at radius 1 is 0.429 bits per heavy atom. The smallest absolute Gasteiger partial charge is 0.0263 e. The highest BCUT2D eigenvalue weighted by molar-refractivity contribution is 5.45. The minimum Gasteiger partial charge on any atom is -0.0985 e. The third-order valence-electron chi connectivity index (χ3n) is 3.79. The lowest BCUT2D eigenvalue weighted by Crippen LogP contribution is -1.74. The van der Waals surface area contributed by atoms with Gasteiger partial charge in [-0.2, -0.15) is 0 Å². The fourth-order valence-electron chi connectivity index (χ4n) is 2.02. The lowest BCUT2D eigenvalue weighted by molar-refractivity contribution is 1.34. The zero-order valence-electron chi connectivity index (χ0n) is 16.9. The van der Waals surface area contributed by atoms with Gasteiger partial charge in [-0.05, 0) is 30.5 Å². The SMILES string of the molecule is C=Cc1ccccc1.Cc1ccccc1C.c1ccccc1.c1ccccc1. The molecule has 0 amide bonds. The van der Waals surface area contributed by atoms with Crippen LogP contribution in [0.15, 0.2) is 134 Å². The van der Waals surface area contributed by atoms with Crippen LogP contribution in [0.25, 0.3) is 6.08 Å². The average molecular weight is 367 g/mol. The van der Waals surface area contributed by atoms with Crippen LogP contribution in [0.1, 0.15) is 16.7 Å². The van der Waals surface area contributed by atoms with Crippen molar-refractivity contribution >= 4 is 6.08 Å². The molecular formula is C28H30. The van der Waals surface area contributed by atoms with Crippen LogP contribution in [0.5, 0.6) is 0 Å². The summed E-state index contributed by atoms with van der Waals surface area (Å²) in [5.74, 6) is 0. The Kier molecular flexibility index (Phi) is 12.8. The van der Waals surface area contributed by atoms with E-state index in [1.54, 1.807) is 0 Å². The molecule has 4 rings (SSSR count). The van der Waals surface area contributed by atoms with Gasteiger partial charge in [0.15, 0.2) is 0 Å². The molecule has 0 radical (unpaired) electrons. The van der Waals surface area contributed by atoms with Crippen LogP contribution in [0.3, 0.4) is 0 Å². The summed E-state index contributed by atoms with van der Waals surface area (Å²) in [5, 5.41) is 0. The molecule has 0 heteroatoms. The number of rotatable bonds is 1. The largest absolute Gasteiger partial charge is 0.0985 e. The predicted octanol–water partition coefficient (Wildman–Crippen LogP) is 8.01. The lowest BCUT2D eigenvalue weighted by Gasteiger charge is -1.93. The van der Waals surface area contributed by atoms with Gasteiger partial charge in [0.05, 0.1) is 0 Å². The van der Waals surface area contributed by atoms with Gasteiger partial charge >= 0.3 is 0 Å². The Morgan fingerprint density at radius 3 is 0.893 bits per heavy atom. The molecule has 0 aliphatic carbocycles. The van der Waals surface area contributed by atoms with Crippen LogP contribution in [0, 0.1) is 13.8 Å². The van der Waals surface area contributed by atoms with Gasteiger partial charge in [0.25, 0.3) is 0 Å². The molecule has 4 aromatic carbocycles. The van der Waals surface area contributed by atoms with E-state index in [0.29, 0.717) is 0 Å². The molecule has 0 aliphatic heterocycles. The molecular weight excluding hydrogens is 336 g/mol. The fourth-order valence-corrected chi connectivity index (χ4v) is 2.02. The van der Waals surface area contributed by atoms with E-state index in [2.05, 4.69) is 44.7 Å². The summed E-state index contributed by atoms with van der Waals surface area (Å²) < 4.78 is 0. The molecule has 0 atom stereocenters. The van der Waals surface area contributed by atoms with Gasteiger partial charge in [-0.3, -0.25) is 0 Å². The Morgan fingerprint density at radius 2 is 0.679 bits per heavy atom. The Balaban J connectivity index is 0.000000188. The molecule has 0 aliphatic rings. The summed E-state index contributed by atoms with van der Waals surface area (Å²) in [4.78, 5) is 0. The van der Waals surface area contributed by atoms with Crippen LogP contribution in [-0.2, 0) is 0 Å². The topological polar surface area (TPSA) is 0 Å². The molecule has 0 fully saturated rings. The van der Waals surface area contributed by atoms with E-state index in [4.69, 9.17) is 0 Å². The highest BCUT2D eigenvalue weighted by atomic mass is 13.9. The third-order valence-corrected chi connectivity index (χ3v) is 3.79. The second kappa shape index (κ2) is 15.8. The molecule has 0 saturated carbocycles. The van der Waals surface area contributed by atoms with Gasteiger partial charge in [-0.1, -0.05) is 140 Å². The summed E-state index contributed by atoms with van der Waals surface area (Å²) in [6.45, 7) is 7.87. The van der Waals surface area contributed by atoms with Crippen molar-refractivity contribution in [3.8, 4) is 0 Å². The van der Waals surface area contributed by atoms with Gasteiger partial charge in [0.2, 0.25) is 0 Å². The maximum absolute atomic E-state index is 3.63. The molecule has 0 saturated heterocycles. The summed E-state index contributed by atoms with van der Waals surface area (Å²) in [6, 6.07) is 42.4. The molecule has 142 valence electrons. The van der Waals surface area contributed by atoms with Crippen molar-refractivity contribution in [1.29, 1.82) is 0 Å². The normalized spacial score (nSPS) is 8.50. The molecule has 4 aromatic rings. The summed E-state index contributed by atoms with van der Waals surface area (Å²) in [5.41, 5.74) is 3.91. The number of hydrogen-bond donors (Lipinski definition) is 0. The van der Waals surface area contributed by atoms with Gasteiger partial charge < -0.3 is 0 Å². The first-order chi connectivity index (χ1) is 13.7. The lowest BCUT2D eigenvalue weighted by atomic mass is 10.1. The first-order valence-electron chi connectivity index (χ1n) is 9.43. The van der Waals surface area contributed by atoms with Crippen molar-refractivity contribution in [3.05, 3.63) is 151 Å². The summed E-state index contributed by atoms with van der Waals surface area (Å²) >= 11 is 0. The second-order valence-corrected chi connectivity index (χ2v) is 6.01. The quantitative estimate of drug-likeness (QED) is 0.320. The highest BCUT2D eigenvalue weighted by Crippen LogP contribution is 2.02. The third kappa shape index (κ3) is 12.1. The van der Waals surface area contributed by atoms with E-state index in [0.717, 1.165) is 0 Å². The molecule has 0 unspecified atom stereocenters. The van der Waals surface area contributed by atoms with Crippen molar-refractivity contribution in [1.82, 2.24) is 0 Å². The van der Waals surface area contributed by atoms with Crippen molar-refractivity contribution in [2.45, 2.75) is 13.8 Å². The summed E-state index contributed by atoms with van der Waals surface area (Å²) in [6.07, 6.45) is 1.83. The first-order valence-corrected chi connectivity index (χ1v) is 9.43. The van der Waals surface area contributed by atoms with E-state index < -0.39 is 0 Å². The second-order valence-electron chi connectivity index (χ2n) is 6.01. The monoisotopic (exact) mass is 366 g/mol. The molecule has 0 N–H and O–H groups in total. The molecule has 0 bridgehead atoms. The van der Waals surface area contributed by atoms with E-state index in [1.165, 1.54) is 16.7 Å². The van der Waals surface area contributed by atoms with Gasteiger partial charge in [0.1, 0.15) is 0 Å². The minimum absolute atomic E-state index is 1.17. The van der Waals surface area contributed by atoms with Crippen LogP contribution in [0.2, 0.25) is 0 Å². The Hall–Kier alpha value is -3.38. The zero-order chi connectivity index (χ0) is 20.3. The Bertz CT molecular complexity index is 728. The van der Waals surface area contributed by atoms with Crippen LogP contribution in [0.4, 0.5) is 0 Å².